The van der Waals surface area contributed by atoms with Gasteiger partial charge in [0.15, 0.2) is 0 Å². The molecule has 0 spiro atoms. The molecule has 0 fully saturated rings. The Kier molecular flexibility index (Phi) is 5.38. The van der Waals surface area contributed by atoms with Crippen LogP contribution in [0.25, 0.3) is 0 Å². The Hall–Kier alpha value is -1.82. The van der Waals surface area contributed by atoms with Gasteiger partial charge < -0.3 is 5.32 Å². The molecule has 1 N–H and O–H groups in total. The summed E-state index contributed by atoms with van der Waals surface area (Å²) in [6.07, 6.45) is 0.925. The minimum atomic E-state index is -0.451. The molecule has 0 aromatic heterocycles. The Labute approximate surface area is 109 Å². The van der Waals surface area contributed by atoms with Crippen LogP contribution >= 0.6 is 0 Å². The van der Waals surface area contributed by atoms with E-state index in [0.717, 1.165) is 12.0 Å². The van der Waals surface area contributed by atoms with Crippen molar-refractivity contribution >= 4 is 5.91 Å². The molecule has 0 aliphatic carbocycles. The van der Waals surface area contributed by atoms with Crippen LogP contribution in [-0.4, -0.2) is 11.9 Å². The summed E-state index contributed by atoms with van der Waals surface area (Å²) in [5, 5.41) is 11.5. The summed E-state index contributed by atoms with van der Waals surface area (Å²) in [4.78, 5) is 12.3. The molecule has 0 aliphatic heterocycles. The highest BCUT2D eigenvalue weighted by Crippen LogP contribution is 2.27. The van der Waals surface area contributed by atoms with Gasteiger partial charge in [0.25, 0.3) is 0 Å². The van der Waals surface area contributed by atoms with E-state index in [9.17, 15) is 4.79 Å². The highest BCUT2D eigenvalue weighted by molar-refractivity contribution is 5.84. The lowest BCUT2D eigenvalue weighted by Crippen LogP contribution is -2.37. The van der Waals surface area contributed by atoms with Gasteiger partial charge in [-0.25, -0.2) is 0 Å². The molecule has 0 saturated carbocycles. The van der Waals surface area contributed by atoms with Crippen molar-refractivity contribution in [1.82, 2.24) is 5.32 Å². The summed E-state index contributed by atoms with van der Waals surface area (Å²) in [6.45, 7) is 5.83. The Morgan fingerprint density at radius 1 is 1.33 bits per heavy atom. The van der Waals surface area contributed by atoms with Crippen LogP contribution in [0.4, 0.5) is 0 Å². The molecule has 0 radical (unpaired) electrons. The number of rotatable bonds is 5. The van der Waals surface area contributed by atoms with Gasteiger partial charge in [-0.1, -0.05) is 50.6 Å². The Morgan fingerprint density at radius 2 is 1.94 bits per heavy atom. The standard InChI is InChI=1S/C15H20N2O/c1-4-11(2)14(13-8-6-5-7-9-13)15(18)17-12(3)10-16/h5-9,11-12,14H,4H2,1-3H3,(H,17,18). The third kappa shape index (κ3) is 3.59. The topological polar surface area (TPSA) is 52.9 Å². The van der Waals surface area contributed by atoms with Crippen LogP contribution in [0.5, 0.6) is 0 Å². The van der Waals surface area contributed by atoms with Gasteiger partial charge >= 0.3 is 0 Å². The molecule has 0 aliphatic rings. The first-order valence-electron chi connectivity index (χ1n) is 6.35. The smallest absolute Gasteiger partial charge is 0.228 e. The quantitative estimate of drug-likeness (QED) is 0.866. The molecule has 96 valence electrons. The largest absolute Gasteiger partial charge is 0.340 e. The molecule has 0 heterocycles. The third-order valence-corrected chi connectivity index (χ3v) is 3.21. The van der Waals surface area contributed by atoms with Crippen molar-refractivity contribution < 1.29 is 4.79 Å². The van der Waals surface area contributed by atoms with Crippen LogP contribution in [0.2, 0.25) is 0 Å². The molecule has 3 heteroatoms. The maximum atomic E-state index is 12.3. The summed E-state index contributed by atoms with van der Waals surface area (Å²) in [5.41, 5.74) is 1.01. The fraction of sp³-hybridized carbons (Fsp3) is 0.467. The average molecular weight is 244 g/mol. The Balaban J connectivity index is 2.93. The predicted octanol–water partition coefficient (Wildman–Crippen LogP) is 2.84. The molecule has 1 rings (SSSR count). The van der Waals surface area contributed by atoms with Crippen LogP contribution < -0.4 is 5.32 Å². The molecular weight excluding hydrogens is 224 g/mol. The number of amides is 1. The minimum Gasteiger partial charge on any atom is -0.340 e. The fourth-order valence-electron chi connectivity index (χ4n) is 1.97. The number of carbonyl (C=O) groups excluding carboxylic acids is 1. The van der Waals surface area contributed by atoms with Crippen molar-refractivity contribution in [3.63, 3.8) is 0 Å². The summed E-state index contributed by atoms with van der Waals surface area (Å²) < 4.78 is 0. The molecule has 3 atom stereocenters. The van der Waals surface area contributed by atoms with Crippen molar-refractivity contribution in [2.24, 2.45) is 5.92 Å². The number of hydrogen-bond acceptors (Lipinski definition) is 2. The molecule has 3 nitrogen and oxygen atoms in total. The highest BCUT2D eigenvalue weighted by atomic mass is 16.1. The van der Waals surface area contributed by atoms with E-state index in [2.05, 4.69) is 19.2 Å². The molecule has 0 bridgehead atoms. The van der Waals surface area contributed by atoms with E-state index < -0.39 is 6.04 Å². The van der Waals surface area contributed by atoms with E-state index in [1.165, 1.54) is 0 Å². The van der Waals surface area contributed by atoms with Gasteiger partial charge in [0, 0.05) is 0 Å². The number of nitriles is 1. The molecule has 18 heavy (non-hydrogen) atoms. The second kappa shape index (κ2) is 6.80. The van der Waals surface area contributed by atoms with Gasteiger partial charge in [0.2, 0.25) is 5.91 Å². The summed E-state index contributed by atoms with van der Waals surface area (Å²) in [6, 6.07) is 11.3. The lowest BCUT2D eigenvalue weighted by molar-refractivity contribution is -0.124. The van der Waals surface area contributed by atoms with Crippen molar-refractivity contribution in [3.05, 3.63) is 35.9 Å². The first-order chi connectivity index (χ1) is 8.60. The fourth-order valence-corrected chi connectivity index (χ4v) is 1.97. The van der Waals surface area contributed by atoms with Gasteiger partial charge in [0.1, 0.15) is 6.04 Å². The first-order valence-corrected chi connectivity index (χ1v) is 6.35. The number of carbonyl (C=O) groups is 1. The summed E-state index contributed by atoms with van der Waals surface area (Å²) in [7, 11) is 0. The monoisotopic (exact) mass is 244 g/mol. The number of nitrogens with zero attached hydrogens (tertiary/aromatic N) is 1. The second-order valence-corrected chi connectivity index (χ2v) is 4.63. The van der Waals surface area contributed by atoms with Crippen LogP contribution in [0.1, 0.15) is 38.7 Å². The maximum absolute atomic E-state index is 12.3. The van der Waals surface area contributed by atoms with Crippen molar-refractivity contribution in [1.29, 1.82) is 5.26 Å². The van der Waals surface area contributed by atoms with E-state index in [0.29, 0.717) is 0 Å². The van der Waals surface area contributed by atoms with Crippen molar-refractivity contribution in [3.8, 4) is 6.07 Å². The van der Waals surface area contributed by atoms with E-state index in [-0.39, 0.29) is 17.7 Å². The molecule has 1 aromatic rings. The summed E-state index contributed by atoms with van der Waals surface area (Å²) in [5.74, 6) is -0.00473. The lowest BCUT2D eigenvalue weighted by Gasteiger charge is -2.23. The van der Waals surface area contributed by atoms with Crippen molar-refractivity contribution in [2.45, 2.75) is 39.2 Å². The van der Waals surface area contributed by atoms with Crippen LogP contribution in [0.3, 0.4) is 0 Å². The Morgan fingerprint density at radius 3 is 2.44 bits per heavy atom. The van der Waals surface area contributed by atoms with Gasteiger partial charge in [-0.3, -0.25) is 4.79 Å². The predicted molar refractivity (Wildman–Crippen MR) is 71.9 cm³/mol. The number of nitrogens with one attached hydrogen (secondary N) is 1. The first kappa shape index (κ1) is 14.2. The van der Waals surface area contributed by atoms with Gasteiger partial charge in [-0.15, -0.1) is 0 Å². The van der Waals surface area contributed by atoms with Gasteiger partial charge in [0.05, 0.1) is 12.0 Å². The third-order valence-electron chi connectivity index (χ3n) is 3.21. The molecule has 1 aromatic carbocycles. The molecule has 0 saturated heterocycles. The minimum absolute atomic E-state index is 0.0652. The van der Waals surface area contributed by atoms with Crippen LogP contribution in [0, 0.1) is 17.2 Å². The van der Waals surface area contributed by atoms with Crippen LogP contribution in [0.15, 0.2) is 30.3 Å². The van der Waals surface area contributed by atoms with E-state index in [1.807, 2.05) is 36.4 Å². The van der Waals surface area contributed by atoms with E-state index >= 15 is 0 Å². The SMILES string of the molecule is CCC(C)C(C(=O)NC(C)C#N)c1ccccc1. The normalized spacial score (nSPS) is 15.2. The maximum Gasteiger partial charge on any atom is 0.228 e. The summed E-state index contributed by atoms with van der Waals surface area (Å²) >= 11 is 0. The molecule has 3 unspecified atom stereocenters. The Bertz CT molecular complexity index is 422. The van der Waals surface area contributed by atoms with E-state index in [4.69, 9.17) is 5.26 Å². The highest BCUT2D eigenvalue weighted by Gasteiger charge is 2.26. The van der Waals surface area contributed by atoms with Crippen molar-refractivity contribution in [2.75, 3.05) is 0 Å². The zero-order valence-corrected chi connectivity index (χ0v) is 11.2. The average Bonchev–Trinajstić information content (AvgIpc) is 2.39. The zero-order chi connectivity index (χ0) is 13.5. The number of benzene rings is 1. The number of hydrogen-bond donors (Lipinski definition) is 1. The molecule has 1 amide bonds. The second-order valence-electron chi connectivity index (χ2n) is 4.63. The van der Waals surface area contributed by atoms with Gasteiger partial charge in [-0.05, 0) is 18.4 Å². The van der Waals surface area contributed by atoms with E-state index in [1.54, 1.807) is 6.92 Å². The lowest BCUT2D eigenvalue weighted by atomic mass is 9.85. The van der Waals surface area contributed by atoms with Crippen LogP contribution in [-0.2, 0) is 4.79 Å². The molecular formula is C15H20N2O. The van der Waals surface area contributed by atoms with Gasteiger partial charge in [-0.2, -0.15) is 5.26 Å². The zero-order valence-electron chi connectivity index (χ0n) is 11.2.